The van der Waals surface area contributed by atoms with Gasteiger partial charge < -0.3 is 24.4 Å². The Hall–Kier alpha value is -1.96. The van der Waals surface area contributed by atoms with Crippen molar-refractivity contribution in [1.29, 1.82) is 0 Å². The van der Waals surface area contributed by atoms with Crippen LogP contribution in [0.2, 0.25) is 0 Å². The zero-order valence-corrected chi connectivity index (χ0v) is 13.9. The number of benzene rings is 1. The molecule has 24 heavy (non-hydrogen) atoms. The molecule has 2 rings (SSSR count). The van der Waals surface area contributed by atoms with Crippen LogP contribution in [0.15, 0.2) is 30.3 Å². The fourth-order valence-corrected chi connectivity index (χ4v) is 2.53. The van der Waals surface area contributed by atoms with Crippen molar-refractivity contribution in [1.82, 2.24) is 9.80 Å². The van der Waals surface area contributed by atoms with Crippen LogP contribution in [-0.2, 0) is 25.7 Å². The van der Waals surface area contributed by atoms with Crippen LogP contribution in [0.25, 0.3) is 0 Å². The highest BCUT2D eigenvalue weighted by molar-refractivity contribution is 5.86. The van der Waals surface area contributed by atoms with Gasteiger partial charge in [0.15, 0.2) is 0 Å². The van der Waals surface area contributed by atoms with Gasteiger partial charge in [0.05, 0.1) is 25.9 Å². The summed E-state index contributed by atoms with van der Waals surface area (Å²) in [5.41, 5.74) is 0.975. The molecular weight excluding hydrogens is 312 g/mol. The van der Waals surface area contributed by atoms with Crippen molar-refractivity contribution in [3.05, 3.63) is 35.9 Å². The van der Waals surface area contributed by atoms with E-state index in [1.807, 2.05) is 30.3 Å². The minimum atomic E-state index is -0.772. The normalized spacial score (nSPS) is 18.6. The van der Waals surface area contributed by atoms with E-state index >= 15 is 0 Å². The minimum absolute atomic E-state index is 0.0473. The number of rotatable bonds is 7. The summed E-state index contributed by atoms with van der Waals surface area (Å²) in [5.74, 6) is -0.494. The second kappa shape index (κ2) is 9.36. The van der Waals surface area contributed by atoms with Crippen molar-refractivity contribution in [3.8, 4) is 0 Å². The Labute approximate surface area is 141 Å². The van der Waals surface area contributed by atoms with E-state index in [1.54, 1.807) is 7.11 Å². The van der Waals surface area contributed by atoms with Gasteiger partial charge in [0.25, 0.3) is 0 Å². The summed E-state index contributed by atoms with van der Waals surface area (Å²) in [6, 6.07) is 9.54. The van der Waals surface area contributed by atoms with Crippen LogP contribution < -0.4 is 0 Å². The van der Waals surface area contributed by atoms with Gasteiger partial charge in [0.1, 0.15) is 6.61 Å². The number of aliphatic hydroxyl groups is 1. The maximum absolute atomic E-state index is 12.2. The Bertz CT molecular complexity index is 537. The van der Waals surface area contributed by atoms with Crippen molar-refractivity contribution < 1.29 is 24.2 Å². The molecule has 1 heterocycles. The molecule has 0 saturated carbocycles. The zero-order chi connectivity index (χ0) is 17.4. The molecule has 0 radical (unpaired) electrons. The van der Waals surface area contributed by atoms with Gasteiger partial charge in [-0.2, -0.15) is 0 Å². The second-order valence-corrected chi connectivity index (χ2v) is 5.74. The molecule has 132 valence electrons. The number of amides is 2. The molecule has 1 saturated heterocycles. The van der Waals surface area contributed by atoms with E-state index in [1.165, 1.54) is 9.80 Å². The standard InChI is InChI=1S/C17H24N2O5/c1-23-8-7-18-9-15(20)10-19(11-16(18)21)17(22)13-24-12-14-5-3-2-4-6-14/h2-6,15,20H,7-13H2,1H3. The number of β-amino-alcohol motifs (C(OH)–C–C–N with tert-alkyl or cyclic N) is 1. The summed E-state index contributed by atoms with van der Waals surface area (Å²) >= 11 is 0. The lowest BCUT2D eigenvalue weighted by Gasteiger charge is -2.21. The van der Waals surface area contributed by atoms with Crippen LogP contribution in [0.4, 0.5) is 0 Å². The molecular formula is C17H24N2O5. The highest BCUT2D eigenvalue weighted by Gasteiger charge is 2.29. The molecule has 1 aromatic rings. The first-order valence-electron chi connectivity index (χ1n) is 7.94. The van der Waals surface area contributed by atoms with Gasteiger partial charge in [0, 0.05) is 26.7 Å². The lowest BCUT2D eigenvalue weighted by molar-refractivity contribution is -0.142. The van der Waals surface area contributed by atoms with Crippen molar-refractivity contribution in [2.45, 2.75) is 12.7 Å². The van der Waals surface area contributed by atoms with Crippen LogP contribution in [-0.4, -0.2) is 79.3 Å². The van der Waals surface area contributed by atoms with Crippen molar-refractivity contribution >= 4 is 11.8 Å². The van der Waals surface area contributed by atoms with Gasteiger partial charge in [-0.15, -0.1) is 0 Å². The third kappa shape index (κ3) is 5.59. The largest absolute Gasteiger partial charge is 0.389 e. The molecule has 7 heteroatoms. The Morgan fingerprint density at radius 3 is 2.75 bits per heavy atom. The molecule has 0 aromatic heterocycles. The van der Waals surface area contributed by atoms with Crippen molar-refractivity contribution in [3.63, 3.8) is 0 Å². The number of hydrogen-bond donors (Lipinski definition) is 1. The average Bonchev–Trinajstić information content (AvgIpc) is 2.72. The quantitative estimate of drug-likeness (QED) is 0.751. The topological polar surface area (TPSA) is 79.3 Å². The van der Waals surface area contributed by atoms with Crippen molar-refractivity contribution in [2.75, 3.05) is 46.5 Å². The number of aliphatic hydroxyl groups excluding tert-OH is 1. The predicted octanol–water partition coefficient (Wildman–Crippen LogP) is -0.119. The van der Waals surface area contributed by atoms with E-state index in [9.17, 15) is 14.7 Å². The van der Waals surface area contributed by atoms with Gasteiger partial charge >= 0.3 is 0 Å². The molecule has 0 aliphatic carbocycles. The van der Waals surface area contributed by atoms with Gasteiger partial charge in [-0.05, 0) is 5.56 Å². The van der Waals surface area contributed by atoms with Crippen molar-refractivity contribution in [2.24, 2.45) is 0 Å². The molecule has 7 nitrogen and oxygen atoms in total. The maximum Gasteiger partial charge on any atom is 0.249 e. The molecule has 1 aromatic carbocycles. The highest BCUT2D eigenvalue weighted by atomic mass is 16.5. The molecule has 2 amide bonds. The molecule has 0 spiro atoms. The average molecular weight is 336 g/mol. The fourth-order valence-electron chi connectivity index (χ4n) is 2.53. The van der Waals surface area contributed by atoms with E-state index in [4.69, 9.17) is 9.47 Å². The monoisotopic (exact) mass is 336 g/mol. The first-order valence-corrected chi connectivity index (χ1v) is 7.94. The smallest absolute Gasteiger partial charge is 0.249 e. The Balaban J connectivity index is 1.83. The summed E-state index contributed by atoms with van der Waals surface area (Å²) < 4.78 is 10.4. The maximum atomic E-state index is 12.2. The van der Waals surface area contributed by atoms with Gasteiger partial charge in [0.2, 0.25) is 11.8 Å². The van der Waals surface area contributed by atoms with Crippen LogP contribution in [0.3, 0.4) is 0 Å². The van der Waals surface area contributed by atoms with Crippen LogP contribution in [0.1, 0.15) is 5.56 Å². The molecule has 1 fully saturated rings. The first-order chi connectivity index (χ1) is 11.6. The SMILES string of the molecule is COCCN1CC(O)CN(C(=O)COCc2ccccc2)CC1=O. The minimum Gasteiger partial charge on any atom is -0.389 e. The third-order valence-corrected chi connectivity index (χ3v) is 3.80. The van der Waals surface area contributed by atoms with E-state index in [2.05, 4.69) is 0 Å². The Morgan fingerprint density at radius 2 is 2.04 bits per heavy atom. The number of methoxy groups -OCH3 is 1. The van der Waals surface area contributed by atoms with Gasteiger partial charge in [-0.25, -0.2) is 0 Å². The molecule has 0 bridgehead atoms. The summed E-state index contributed by atoms with van der Waals surface area (Å²) in [4.78, 5) is 27.3. The van der Waals surface area contributed by atoms with E-state index in [-0.39, 0.29) is 38.1 Å². The summed E-state index contributed by atoms with van der Waals surface area (Å²) in [7, 11) is 1.55. The summed E-state index contributed by atoms with van der Waals surface area (Å²) in [6.45, 7) is 1.29. The molecule has 1 atom stereocenters. The summed E-state index contributed by atoms with van der Waals surface area (Å²) in [5, 5.41) is 10.0. The molecule has 1 aliphatic rings. The van der Waals surface area contributed by atoms with Crippen LogP contribution in [0, 0.1) is 0 Å². The number of nitrogens with zero attached hydrogens (tertiary/aromatic N) is 2. The zero-order valence-electron chi connectivity index (χ0n) is 13.9. The number of hydrogen-bond acceptors (Lipinski definition) is 5. The fraction of sp³-hybridized carbons (Fsp3) is 0.529. The van der Waals surface area contributed by atoms with Gasteiger partial charge in [-0.1, -0.05) is 30.3 Å². The highest BCUT2D eigenvalue weighted by Crippen LogP contribution is 2.07. The number of ether oxygens (including phenoxy) is 2. The number of carbonyl (C=O) groups is 2. The third-order valence-electron chi connectivity index (χ3n) is 3.80. The van der Waals surface area contributed by atoms with Crippen LogP contribution >= 0.6 is 0 Å². The van der Waals surface area contributed by atoms with E-state index in [0.717, 1.165) is 5.56 Å². The summed E-state index contributed by atoms with van der Waals surface area (Å²) in [6.07, 6.45) is -0.772. The van der Waals surface area contributed by atoms with E-state index < -0.39 is 6.10 Å². The second-order valence-electron chi connectivity index (χ2n) is 5.74. The Kier molecular flexibility index (Phi) is 7.17. The molecule has 1 aliphatic heterocycles. The number of carbonyl (C=O) groups excluding carboxylic acids is 2. The van der Waals surface area contributed by atoms with Gasteiger partial charge in [-0.3, -0.25) is 9.59 Å². The lowest BCUT2D eigenvalue weighted by Crippen LogP contribution is -2.41. The Morgan fingerprint density at radius 1 is 1.29 bits per heavy atom. The molecule has 1 unspecified atom stereocenters. The lowest BCUT2D eigenvalue weighted by atomic mass is 10.2. The van der Waals surface area contributed by atoms with Crippen LogP contribution in [0.5, 0.6) is 0 Å². The predicted molar refractivity (Wildman–Crippen MR) is 87.1 cm³/mol. The first kappa shape index (κ1) is 18.4. The molecule has 1 N–H and O–H groups in total. The van der Waals surface area contributed by atoms with E-state index in [0.29, 0.717) is 19.8 Å².